The molecule has 110 valence electrons. The van der Waals surface area contributed by atoms with Gasteiger partial charge < -0.3 is 15.7 Å². The second kappa shape index (κ2) is 6.37. The number of amides is 1. The lowest BCUT2D eigenvalue weighted by Crippen LogP contribution is -2.53. The fourth-order valence-electron chi connectivity index (χ4n) is 2.71. The number of benzene rings is 1. The maximum absolute atomic E-state index is 12.0. The van der Waals surface area contributed by atoms with Crippen LogP contribution in [0.3, 0.4) is 0 Å². The number of rotatable bonds is 4. The molecule has 1 heterocycles. The van der Waals surface area contributed by atoms with E-state index in [1.165, 1.54) is 6.42 Å². The van der Waals surface area contributed by atoms with E-state index in [2.05, 4.69) is 24.5 Å². The third-order valence-corrected chi connectivity index (χ3v) is 4.18. The van der Waals surface area contributed by atoms with Gasteiger partial charge in [-0.15, -0.1) is 0 Å². The molecule has 1 fully saturated rings. The van der Waals surface area contributed by atoms with Gasteiger partial charge >= 0.3 is 0 Å². The van der Waals surface area contributed by atoms with Crippen LogP contribution in [0.2, 0.25) is 0 Å². The Morgan fingerprint density at radius 1 is 1.45 bits per heavy atom. The van der Waals surface area contributed by atoms with Gasteiger partial charge in [0.15, 0.2) is 6.10 Å². The quantitative estimate of drug-likeness (QED) is 0.783. The average Bonchev–Trinajstić information content (AvgIpc) is 2.45. The minimum absolute atomic E-state index is 0.170. The fourth-order valence-corrected chi connectivity index (χ4v) is 2.71. The first-order chi connectivity index (χ1) is 9.50. The number of piperidine rings is 1. The van der Waals surface area contributed by atoms with Crippen LogP contribution in [0.15, 0.2) is 30.3 Å². The van der Waals surface area contributed by atoms with Crippen LogP contribution in [-0.2, 0) is 4.79 Å². The molecule has 0 radical (unpaired) electrons. The van der Waals surface area contributed by atoms with Crippen LogP contribution in [0, 0.1) is 5.41 Å². The van der Waals surface area contributed by atoms with Gasteiger partial charge in [0.05, 0.1) is 0 Å². The van der Waals surface area contributed by atoms with Crippen molar-refractivity contribution in [2.45, 2.75) is 38.8 Å². The molecule has 4 heteroatoms. The van der Waals surface area contributed by atoms with E-state index in [1.807, 2.05) is 18.2 Å². The summed E-state index contributed by atoms with van der Waals surface area (Å²) in [4.78, 5) is 12.0. The predicted molar refractivity (Wildman–Crippen MR) is 79.2 cm³/mol. The van der Waals surface area contributed by atoms with Crippen molar-refractivity contribution in [1.29, 1.82) is 0 Å². The van der Waals surface area contributed by atoms with E-state index in [4.69, 9.17) is 0 Å². The van der Waals surface area contributed by atoms with Crippen LogP contribution in [0.5, 0.6) is 0 Å². The molecule has 1 aromatic carbocycles. The first-order valence-electron chi connectivity index (χ1n) is 7.25. The Morgan fingerprint density at radius 2 is 2.15 bits per heavy atom. The van der Waals surface area contributed by atoms with Crippen LogP contribution >= 0.6 is 0 Å². The zero-order valence-corrected chi connectivity index (χ0v) is 12.2. The highest BCUT2D eigenvalue weighted by Crippen LogP contribution is 2.29. The van der Waals surface area contributed by atoms with Gasteiger partial charge in [0.2, 0.25) is 0 Å². The summed E-state index contributed by atoms with van der Waals surface area (Å²) >= 11 is 0. The summed E-state index contributed by atoms with van der Waals surface area (Å²) in [6.07, 6.45) is 1.23. The van der Waals surface area contributed by atoms with E-state index < -0.39 is 6.10 Å². The number of hydrogen-bond acceptors (Lipinski definition) is 3. The van der Waals surface area contributed by atoms with E-state index in [0.717, 1.165) is 13.0 Å². The maximum Gasteiger partial charge on any atom is 0.253 e. The lowest BCUT2D eigenvalue weighted by molar-refractivity contribution is -0.129. The number of nitrogens with one attached hydrogen (secondary N) is 2. The standard InChI is InChI=1S/C16H24N2O2/c1-16(2)9-6-10-17-13(16)11-18-15(20)14(19)12-7-4-3-5-8-12/h3-5,7-8,13-14,17,19H,6,9-11H2,1-2H3,(H,18,20). The zero-order chi connectivity index (χ0) is 14.6. The highest BCUT2D eigenvalue weighted by molar-refractivity contribution is 5.81. The van der Waals surface area contributed by atoms with Crippen LogP contribution in [0.4, 0.5) is 0 Å². The molecule has 1 aliphatic heterocycles. The topological polar surface area (TPSA) is 61.4 Å². The number of aliphatic hydroxyl groups excluding tert-OH is 1. The molecule has 0 spiro atoms. The largest absolute Gasteiger partial charge is 0.378 e. The third kappa shape index (κ3) is 3.58. The number of carbonyl (C=O) groups excluding carboxylic acids is 1. The highest BCUT2D eigenvalue weighted by atomic mass is 16.3. The number of carbonyl (C=O) groups is 1. The molecule has 2 unspecified atom stereocenters. The van der Waals surface area contributed by atoms with Gasteiger partial charge in [0, 0.05) is 12.6 Å². The van der Waals surface area contributed by atoms with Crippen molar-refractivity contribution in [1.82, 2.24) is 10.6 Å². The first kappa shape index (κ1) is 15.0. The minimum Gasteiger partial charge on any atom is -0.378 e. The normalized spacial score (nSPS) is 23.1. The minimum atomic E-state index is -1.09. The smallest absolute Gasteiger partial charge is 0.253 e. The van der Waals surface area contributed by atoms with Gasteiger partial charge in [-0.05, 0) is 30.4 Å². The Labute approximate surface area is 120 Å². The second-order valence-electron chi connectivity index (χ2n) is 6.16. The van der Waals surface area contributed by atoms with Gasteiger partial charge in [-0.3, -0.25) is 4.79 Å². The molecule has 0 aliphatic carbocycles. The summed E-state index contributed by atoms with van der Waals surface area (Å²) in [5.74, 6) is -0.334. The monoisotopic (exact) mass is 276 g/mol. The maximum atomic E-state index is 12.0. The SMILES string of the molecule is CC1(C)CCCNC1CNC(=O)C(O)c1ccccc1. The number of aliphatic hydroxyl groups is 1. The van der Waals surface area contributed by atoms with Gasteiger partial charge in [-0.25, -0.2) is 0 Å². The summed E-state index contributed by atoms with van der Waals surface area (Å²) < 4.78 is 0. The van der Waals surface area contributed by atoms with Crippen molar-refractivity contribution in [2.75, 3.05) is 13.1 Å². The molecule has 20 heavy (non-hydrogen) atoms. The van der Waals surface area contributed by atoms with Crippen LogP contribution in [0.1, 0.15) is 38.4 Å². The molecule has 1 saturated heterocycles. The lowest BCUT2D eigenvalue weighted by atomic mass is 9.77. The van der Waals surface area contributed by atoms with Crippen LogP contribution in [0.25, 0.3) is 0 Å². The summed E-state index contributed by atoms with van der Waals surface area (Å²) in [6.45, 7) is 5.97. The van der Waals surface area contributed by atoms with Gasteiger partial charge in [0.1, 0.15) is 0 Å². The average molecular weight is 276 g/mol. The zero-order valence-electron chi connectivity index (χ0n) is 12.2. The summed E-state index contributed by atoms with van der Waals surface area (Å²) in [5.41, 5.74) is 0.796. The molecule has 0 bridgehead atoms. The molecular weight excluding hydrogens is 252 g/mol. The molecule has 4 nitrogen and oxygen atoms in total. The molecule has 0 aromatic heterocycles. The first-order valence-corrected chi connectivity index (χ1v) is 7.25. The number of hydrogen-bond donors (Lipinski definition) is 3. The van der Waals surface area contributed by atoms with Gasteiger partial charge in [0.25, 0.3) is 5.91 Å². The molecular formula is C16H24N2O2. The van der Waals surface area contributed by atoms with Crippen LogP contribution in [-0.4, -0.2) is 30.1 Å². The van der Waals surface area contributed by atoms with E-state index in [0.29, 0.717) is 12.1 Å². The summed E-state index contributed by atoms with van der Waals surface area (Å²) in [5, 5.41) is 16.3. The third-order valence-electron chi connectivity index (χ3n) is 4.18. The van der Waals surface area contributed by atoms with E-state index in [1.54, 1.807) is 12.1 Å². The van der Waals surface area contributed by atoms with Crippen molar-refractivity contribution < 1.29 is 9.90 Å². The molecule has 1 aromatic rings. The molecule has 1 amide bonds. The van der Waals surface area contributed by atoms with Crippen molar-refractivity contribution in [3.8, 4) is 0 Å². The van der Waals surface area contributed by atoms with Crippen molar-refractivity contribution in [2.24, 2.45) is 5.41 Å². The Hall–Kier alpha value is -1.39. The highest BCUT2D eigenvalue weighted by Gasteiger charge is 2.32. The fraction of sp³-hybridized carbons (Fsp3) is 0.562. The molecule has 2 atom stereocenters. The summed E-state index contributed by atoms with van der Waals surface area (Å²) in [6, 6.07) is 9.26. The Morgan fingerprint density at radius 3 is 2.80 bits per heavy atom. The summed E-state index contributed by atoms with van der Waals surface area (Å²) in [7, 11) is 0. The lowest BCUT2D eigenvalue weighted by Gasteiger charge is -2.39. The molecule has 0 saturated carbocycles. The predicted octanol–water partition coefficient (Wildman–Crippen LogP) is 1.61. The van der Waals surface area contributed by atoms with Crippen LogP contribution < -0.4 is 10.6 Å². The van der Waals surface area contributed by atoms with Crippen molar-refractivity contribution >= 4 is 5.91 Å². The molecule has 3 N–H and O–H groups in total. The van der Waals surface area contributed by atoms with E-state index >= 15 is 0 Å². The van der Waals surface area contributed by atoms with Gasteiger partial charge in [-0.2, -0.15) is 0 Å². The molecule has 2 rings (SSSR count). The van der Waals surface area contributed by atoms with E-state index in [9.17, 15) is 9.90 Å². The Balaban J connectivity index is 1.89. The second-order valence-corrected chi connectivity index (χ2v) is 6.16. The van der Waals surface area contributed by atoms with Gasteiger partial charge in [-0.1, -0.05) is 44.2 Å². The molecule has 1 aliphatic rings. The Bertz CT molecular complexity index is 445. The van der Waals surface area contributed by atoms with Crippen molar-refractivity contribution in [3.63, 3.8) is 0 Å². The van der Waals surface area contributed by atoms with Crippen molar-refractivity contribution in [3.05, 3.63) is 35.9 Å². The Kier molecular flexibility index (Phi) is 4.78. The van der Waals surface area contributed by atoms with E-state index in [-0.39, 0.29) is 17.4 Å².